The van der Waals surface area contributed by atoms with Crippen LogP contribution < -0.4 is 0 Å². The molecule has 0 aliphatic heterocycles. The number of rotatable bonds is 6. The first-order valence-corrected chi connectivity index (χ1v) is 7.81. The van der Waals surface area contributed by atoms with Gasteiger partial charge in [0.2, 0.25) is 0 Å². The smallest absolute Gasteiger partial charge is 0.123 e. The van der Waals surface area contributed by atoms with E-state index < -0.39 is 0 Å². The zero-order valence-corrected chi connectivity index (χ0v) is 13.1. The third-order valence-corrected chi connectivity index (χ3v) is 3.78. The van der Waals surface area contributed by atoms with E-state index >= 15 is 0 Å². The first-order chi connectivity index (χ1) is 10.8. The summed E-state index contributed by atoms with van der Waals surface area (Å²) < 4.78 is 11.5. The summed E-state index contributed by atoms with van der Waals surface area (Å²) in [6, 6.07) is 16.6. The first kappa shape index (κ1) is 14.9. The molecule has 3 aromatic rings. The lowest BCUT2D eigenvalue weighted by Crippen LogP contribution is -2.14. The molecule has 0 aliphatic carbocycles. The van der Waals surface area contributed by atoms with Crippen molar-refractivity contribution in [3.05, 3.63) is 54.2 Å². The van der Waals surface area contributed by atoms with Crippen molar-refractivity contribution in [3.63, 3.8) is 0 Å². The molecule has 1 atom stereocenters. The lowest BCUT2D eigenvalue weighted by molar-refractivity contribution is -0.0110. The molecule has 3 heteroatoms. The van der Waals surface area contributed by atoms with E-state index in [1.807, 2.05) is 26.0 Å². The van der Waals surface area contributed by atoms with Gasteiger partial charge in [-0.15, -0.1) is 0 Å². The average molecular weight is 295 g/mol. The van der Waals surface area contributed by atoms with E-state index in [1.54, 1.807) is 0 Å². The van der Waals surface area contributed by atoms with Crippen LogP contribution in [0.3, 0.4) is 0 Å². The van der Waals surface area contributed by atoms with Gasteiger partial charge in [0.1, 0.15) is 6.10 Å². The molecular formula is C19H21NO2. The summed E-state index contributed by atoms with van der Waals surface area (Å²) >= 11 is 0. The minimum Gasteiger partial charge on any atom is -0.379 e. The van der Waals surface area contributed by atoms with Gasteiger partial charge in [0.25, 0.3) is 0 Å². The Morgan fingerprint density at radius 1 is 0.864 bits per heavy atom. The highest BCUT2D eigenvalue weighted by atomic mass is 16.5. The topological polar surface area (TPSA) is 31.4 Å². The van der Waals surface area contributed by atoms with Gasteiger partial charge in [-0.1, -0.05) is 42.5 Å². The maximum Gasteiger partial charge on any atom is 0.123 e. The number of nitrogens with zero attached hydrogens (tertiary/aromatic N) is 1. The summed E-state index contributed by atoms with van der Waals surface area (Å²) in [6.45, 7) is 5.84. The van der Waals surface area contributed by atoms with Gasteiger partial charge in [-0.25, -0.2) is 4.98 Å². The second-order valence-electron chi connectivity index (χ2n) is 5.16. The van der Waals surface area contributed by atoms with E-state index in [0.717, 1.165) is 16.6 Å². The van der Waals surface area contributed by atoms with E-state index in [0.29, 0.717) is 19.8 Å². The van der Waals surface area contributed by atoms with Gasteiger partial charge < -0.3 is 9.47 Å². The van der Waals surface area contributed by atoms with Crippen LogP contribution in [-0.4, -0.2) is 24.8 Å². The molecular weight excluding hydrogens is 274 g/mol. The van der Waals surface area contributed by atoms with E-state index in [-0.39, 0.29) is 6.10 Å². The highest BCUT2D eigenvalue weighted by molar-refractivity contribution is 6.06. The van der Waals surface area contributed by atoms with Crippen molar-refractivity contribution in [1.82, 2.24) is 4.98 Å². The molecule has 0 saturated heterocycles. The molecule has 2 aromatic carbocycles. The van der Waals surface area contributed by atoms with Crippen LogP contribution >= 0.6 is 0 Å². The summed E-state index contributed by atoms with van der Waals surface area (Å²) in [5, 5.41) is 3.53. The number of para-hydroxylation sites is 1. The van der Waals surface area contributed by atoms with E-state index in [2.05, 4.69) is 36.4 Å². The molecule has 1 heterocycles. The average Bonchev–Trinajstić information content (AvgIpc) is 2.58. The normalized spacial score (nSPS) is 12.8. The van der Waals surface area contributed by atoms with Crippen LogP contribution in [0.5, 0.6) is 0 Å². The largest absolute Gasteiger partial charge is 0.379 e. The zero-order valence-electron chi connectivity index (χ0n) is 13.1. The Hall–Kier alpha value is -1.97. The quantitative estimate of drug-likeness (QED) is 0.627. The molecule has 114 valence electrons. The molecule has 1 unspecified atom stereocenters. The number of hydrogen-bond acceptors (Lipinski definition) is 3. The SMILES string of the molecule is CCOCC(OCC)c1nc2ccccc2c2ccccc12. The molecule has 0 fully saturated rings. The van der Waals surface area contributed by atoms with Crippen LogP contribution in [0.15, 0.2) is 48.5 Å². The predicted molar refractivity (Wildman–Crippen MR) is 90.1 cm³/mol. The summed E-state index contributed by atoms with van der Waals surface area (Å²) in [6.07, 6.45) is -0.139. The second-order valence-corrected chi connectivity index (χ2v) is 5.16. The number of hydrogen-bond donors (Lipinski definition) is 0. The number of benzene rings is 2. The second kappa shape index (κ2) is 6.86. The zero-order chi connectivity index (χ0) is 15.4. The minimum atomic E-state index is -0.139. The van der Waals surface area contributed by atoms with Crippen molar-refractivity contribution in [3.8, 4) is 0 Å². The fraction of sp³-hybridized carbons (Fsp3) is 0.316. The number of ether oxygens (including phenoxy) is 2. The van der Waals surface area contributed by atoms with Gasteiger partial charge in [-0.2, -0.15) is 0 Å². The molecule has 0 saturated carbocycles. The molecule has 0 spiro atoms. The summed E-state index contributed by atoms with van der Waals surface area (Å²) in [4.78, 5) is 4.87. The van der Waals surface area contributed by atoms with Crippen molar-refractivity contribution in [2.75, 3.05) is 19.8 Å². The van der Waals surface area contributed by atoms with Crippen LogP contribution in [0.2, 0.25) is 0 Å². The van der Waals surface area contributed by atoms with Gasteiger partial charge in [-0.3, -0.25) is 0 Å². The highest BCUT2D eigenvalue weighted by Crippen LogP contribution is 2.30. The lowest BCUT2D eigenvalue weighted by atomic mass is 10.0. The maximum absolute atomic E-state index is 5.90. The number of aromatic nitrogens is 1. The fourth-order valence-corrected chi connectivity index (χ4v) is 2.81. The summed E-state index contributed by atoms with van der Waals surface area (Å²) in [7, 11) is 0. The van der Waals surface area contributed by atoms with Crippen molar-refractivity contribution in [2.45, 2.75) is 20.0 Å². The van der Waals surface area contributed by atoms with Crippen LogP contribution in [0.25, 0.3) is 21.7 Å². The first-order valence-electron chi connectivity index (χ1n) is 7.81. The maximum atomic E-state index is 5.90. The summed E-state index contributed by atoms with van der Waals surface area (Å²) in [5.41, 5.74) is 1.96. The molecule has 22 heavy (non-hydrogen) atoms. The van der Waals surface area contributed by atoms with E-state index in [9.17, 15) is 0 Å². The van der Waals surface area contributed by atoms with Crippen LogP contribution in [0.1, 0.15) is 25.6 Å². The molecule has 0 N–H and O–H groups in total. The third kappa shape index (κ3) is 2.82. The molecule has 0 bridgehead atoms. The van der Waals surface area contributed by atoms with Crippen molar-refractivity contribution in [2.24, 2.45) is 0 Å². The molecule has 3 rings (SSSR count). The van der Waals surface area contributed by atoms with Crippen LogP contribution in [0, 0.1) is 0 Å². The van der Waals surface area contributed by atoms with Crippen molar-refractivity contribution in [1.29, 1.82) is 0 Å². The monoisotopic (exact) mass is 295 g/mol. The van der Waals surface area contributed by atoms with Gasteiger partial charge in [0.05, 0.1) is 17.8 Å². The lowest BCUT2D eigenvalue weighted by Gasteiger charge is -2.19. The van der Waals surface area contributed by atoms with Crippen LogP contribution in [-0.2, 0) is 9.47 Å². The van der Waals surface area contributed by atoms with Gasteiger partial charge >= 0.3 is 0 Å². The Balaban J connectivity index is 2.21. The van der Waals surface area contributed by atoms with Gasteiger partial charge in [-0.05, 0) is 25.3 Å². The van der Waals surface area contributed by atoms with Gasteiger partial charge in [0, 0.05) is 24.0 Å². The minimum absolute atomic E-state index is 0.139. The van der Waals surface area contributed by atoms with Crippen LogP contribution in [0.4, 0.5) is 0 Å². The Labute approximate surface area is 130 Å². The summed E-state index contributed by atoms with van der Waals surface area (Å²) in [5.74, 6) is 0. The molecule has 0 radical (unpaired) electrons. The molecule has 0 amide bonds. The number of fused-ring (bicyclic) bond motifs is 3. The van der Waals surface area contributed by atoms with Crippen molar-refractivity contribution < 1.29 is 9.47 Å². The Morgan fingerprint density at radius 2 is 1.55 bits per heavy atom. The van der Waals surface area contributed by atoms with Crippen molar-refractivity contribution >= 4 is 21.7 Å². The molecule has 0 aliphatic rings. The number of pyridine rings is 1. The third-order valence-electron chi connectivity index (χ3n) is 3.78. The Bertz CT molecular complexity index is 770. The Kier molecular flexibility index (Phi) is 4.66. The fourth-order valence-electron chi connectivity index (χ4n) is 2.81. The molecule has 3 nitrogen and oxygen atoms in total. The van der Waals surface area contributed by atoms with Gasteiger partial charge in [0.15, 0.2) is 0 Å². The standard InChI is InChI=1S/C19H21NO2/c1-3-21-13-18(22-4-2)19-16-11-6-5-9-14(16)15-10-7-8-12-17(15)20-19/h5-12,18H,3-4,13H2,1-2H3. The molecule has 1 aromatic heterocycles. The highest BCUT2D eigenvalue weighted by Gasteiger charge is 2.18. The Morgan fingerprint density at radius 3 is 2.27 bits per heavy atom. The van der Waals surface area contributed by atoms with E-state index in [1.165, 1.54) is 10.8 Å². The predicted octanol–water partition coefficient (Wildman–Crippen LogP) is 4.50. The van der Waals surface area contributed by atoms with E-state index in [4.69, 9.17) is 14.5 Å².